The molecule has 0 rings (SSSR count). The van der Waals surface area contributed by atoms with Crippen LogP contribution in [-0.4, -0.2) is 16.1 Å². The molecule has 0 saturated carbocycles. The van der Waals surface area contributed by atoms with Gasteiger partial charge in [-0.1, -0.05) is 24.4 Å². The zero-order valence-corrected chi connectivity index (χ0v) is 8.03. The van der Waals surface area contributed by atoms with Crippen LogP contribution < -0.4 is 10.6 Å². The highest BCUT2D eigenvalue weighted by molar-refractivity contribution is 7.80. The molecule has 0 atom stereocenters. The first-order chi connectivity index (χ1) is 4.52. The second-order valence-corrected chi connectivity index (χ2v) is 3.35. The van der Waals surface area contributed by atoms with Crippen molar-refractivity contribution in [1.82, 2.24) is 10.6 Å². The molecule has 2 N–H and O–H groups in total. The molecule has 0 aromatic carbocycles. The second-order valence-electron chi connectivity index (χ2n) is 2.12. The highest BCUT2D eigenvalue weighted by Crippen LogP contribution is 1.78. The maximum Gasteiger partial charge on any atom is 0.0942 e. The summed E-state index contributed by atoms with van der Waals surface area (Å²) in [5.74, 6) is 0. The van der Waals surface area contributed by atoms with E-state index in [4.69, 9.17) is 24.4 Å². The Hall–Kier alpha value is -0.220. The normalized spacial score (nSPS) is 9.20. The van der Waals surface area contributed by atoms with Crippen LogP contribution in [0.15, 0.2) is 0 Å². The summed E-state index contributed by atoms with van der Waals surface area (Å²) in [6.07, 6.45) is 0.134. The summed E-state index contributed by atoms with van der Waals surface area (Å²) in [5.41, 5.74) is 0. The summed E-state index contributed by atoms with van der Waals surface area (Å²) in [6.45, 7) is 5.64. The third-order valence-electron chi connectivity index (χ3n) is 0.840. The summed E-state index contributed by atoms with van der Waals surface area (Å²) in [5, 5.41) is 6.01. The minimum absolute atomic E-state index is 0.134. The van der Waals surface area contributed by atoms with Gasteiger partial charge in [0, 0.05) is 0 Å². The van der Waals surface area contributed by atoms with Crippen molar-refractivity contribution in [3.05, 3.63) is 0 Å². The van der Waals surface area contributed by atoms with Crippen LogP contribution in [-0.2, 0) is 0 Å². The van der Waals surface area contributed by atoms with Crippen molar-refractivity contribution in [2.75, 3.05) is 0 Å². The van der Waals surface area contributed by atoms with Crippen molar-refractivity contribution in [3.8, 4) is 0 Å². The molecule has 0 unspecified atom stereocenters. The summed E-state index contributed by atoms with van der Waals surface area (Å²) < 4.78 is 0. The first-order valence-corrected chi connectivity index (χ1v) is 3.88. The van der Waals surface area contributed by atoms with Crippen LogP contribution in [0.4, 0.5) is 0 Å². The Morgan fingerprint density at radius 3 is 1.60 bits per heavy atom. The van der Waals surface area contributed by atoms with Crippen LogP contribution in [0.1, 0.15) is 20.8 Å². The minimum Gasteiger partial charge on any atom is -0.360 e. The molecule has 0 aromatic rings. The number of hydrogen-bond donors (Lipinski definition) is 2. The molecule has 2 nitrogen and oxygen atoms in total. The maximum absolute atomic E-state index is 4.83. The molecule has 4 heteroatoms. The van der Waals surface area contributed by atoms with Crippen molar-refractivity contribution >= 4 is 34.4 Å². The van der Waals surface area contributed by atoms with Crippen LogP contribution in [0.25, 0.3) is 0 Å². The van der Waals surface area contributed by atoms with Gasteiger partial charge in [0.2, 0.25) is 0 Å². The lowest BCUT2D eigenvalue weighted by atomic mass is 10.5. The summed E-state index contributed by atoms with van der Waals surface area (Å²) in [4.78, 5) is 1.55. The van der Waals surface area contributed by atoms with Crippen LogP contribution in [0.2, 0.25) is 0 Å². The third kappa shape index (κ3) is 5.91. The van der Waals surface area contributed by atoms with Crippen LogP contribution >= 0.6 is 24.4 Å². The largest absolute Gasteiger partial charge is 0.360 e. The Balaban J connectivity index is 3.53. The van der Waals surface area contributed by atoms with Crippen LogP contribution in [0.3, 0.4) is 0 Å². The Kier molecular flexibility index (Phi) is 4.47. The SMILES string of the molecule is CC(=S)NC(C)NC(C)=S. The summed E-state index contributed by atoms with van der Waals surface area (Å²) in [7, 11) is 0. The van der Waals surface area contributed by atoms with E-state index in [1.54, 1.807) is 0 Å². The average Bonchev–Trinajstić information content (AvgIpc) is 1.58. The lowest BCUT2D eigenvalue weighted by Gasteiger charge is -2.15. The van der Waals surface area contributed by atoms with Gasteiger partial charge in [-0.2, -0.15) is 0 Å². The Labute approximate surface area is 72.4 Å². The van der Waals surface area contributed by atoms with Crippen molar-refractivity contribution in [1.29, 1.82) is 0 Å². The lowest BCUT2D eigenvalue weighted by molar-refractivity contribution is 0.632. The Bertz CT molecular complexity index is 129. The van der Waals surface area contributed by atoms with Gasteiger partial charge in [-0.05, 0) is 20.8 Å². The predicted octanol–water partition coefficient (Wildman–Crippen LogP) is 1.21. The van der Waals surface area contributed by atoms with Gasteiger partial charge in [-0.3, -0.25) is 0 Å². The van der Waals surface area contributed by atoms with E-state index in [1.165, 1.54) is 0 Å². The topological polar surface area (TPSA) is 24.1 Å². The van der Waals surface area contributed by atoms with Crippen molar-refractivity contribution in [2.45, 2.75) is 26.9 Å². The number of rotatable bonds is 2. The number of thiocarbonyl (C=S) groups is 2. The first kappa shape index (κ1) is 9.78. The highest BCUT2D eigenvalue weighted by atomic mass is 32.1. The molecule has 0 fully saturated rings. The van der Waals surface area contributed by atoms with Gasteiger partial charge in [0.15, 0.2) is 0 Å². The molecule has 0 bridgehead atoms. The number of nitrogens with one attached hydrogen (secondary N) is 2. The molecular weight excluding hydrogens is 164 g/mol. The fourth-order valence-electron chi connectivity index (χ4n) is 0.646. The standard InChI is InChI=1S/C6H12N2S2/c1-4(7-5(2)9)8-6(3)10/h4H,1-3H3,(H,7,9)(H,8,10). The fourth-order valence-corrected chi connectivity index (χ4v) is 0.999. The Morgan fingerprint density at radius 2 is 1.40 bits per heavy atom. The van der Waals surface area contributed by atoms with Crippen LogP contribution in [0, 0.1) is 0 Å². The molecule has 0 heterocycles. The minimum atomic E-state index is 0.134. The van der Waals surface area contributed by atoms with E-state index in [0.717, 1.165) is 9.98 Å². The van der Waals surface area contributed by atoms with E-state index < -0.39 is 0 Å². The van der Waals surface area contributed by atoms with Gasteiger partial charge in [0.25, 0.3) is 0 Å². The molecule has 0 aromatic heterocycles. The van der Waals surface area contributed by atoms with Gasteiger partial charge >= 0.3 is 0 Å². The fraction of sp³-hybridized carbons (Fsp3) is 0.667. The van der Waals surface area contributed by atoms with E-state index in [0.29, 0.717) is 0 Å². The lowest BCUT2D eigenvalue weighted by Crippen LogP contribution is -2.43. The molecule has 0 spiro atoms. The molecule has 0 radical (unpaired) electrons. The summed E-state index contributed by atoms with van der Waals surface area (Å²) in [6, 6.07) is 0. The summed E-state index contributed by atoms with van der Waals surface area (Å²) >= 11 is 9.66. The molecule has 10 heavy (non-hydrogen) atoms. The molecule has 58 valence electrons. The van der Waals surface area contributed by atoms with E-state index in [1.807, 2.05) is 20.8 Å². The average molecular weight is 176 g/mol. The first-order valence-electron chi connectivity index (χ1n) is 3.06. The van der Waals surface area contributed by atoms with Crippen molar-refractivity contribution in [2.24, 2.45) is 0 Å². The smallest absolute Gasteiger partial charge is 0.0942 e. The second kappa shape index (κ2) is 4.57. The maximum atomic E-state index is 4.83. The zero-order valence-electron chi connectivity index (χ0n) is 6.39. The van der Waals surface area contributed by atoms with Gasteiger partial charge < -0.3 is 10.6 Å². The zero-order chi connectivity index (χ0) is 8.15. The molecular formula is C6H12N2S2. The third-order valence-corrected chi connectivity index (χ3v) is 1.08. The van der Waals surface area contributed by atoms with Crippen molar-refractivity contribution < 1.29 is 0 Å². The molecule has 0 saturated heterocycles. The van der Waals surface area contributed by atoms with Gasteiger partial charge in [0.05, 0.1) is 16.1 Å². The number of hydrogen-bond acceptors (Lipinski definition) is 2. The molecule has 0 aliphatic carbocycles. The van der Waals surface area contributed by atoms with Gasteiger partial charge in [0.1, 0.15) is 0 Å². The van der Waals surface area contributed by atoms with E-state index >= 15 is 0 Å². The predicted molar refractivity (Wildman–Crippen MR) is 52.3 cm³/mol. The van der Waals surface area contributed by atoms with E-state index in [9.17, 15) is 0 Å². The van der Waals surface area contributed by atoms with E-state index in [2.05, 4.69) is 10.6 Å². The molecule has 0 amide bonds. The van der Waals surface area contributed by atoms with Gasteiger partial charge in [-0.15, -0.1) is 0 Å². The quantitative estimate of drug-likeness (QED) is 0.488. The highest BCUT2D eigenvalue weighted by Gasteiger charge is 1.97. The molecule has 0 aliphatic rings. The monoisotopic (exact) mass is 176 g/mol. The van der Waals surface area contributed by atoms with E-state index in [-0.39, 0.29) is 6.17 Å². The van der Waals surface area contributed by atoms with Gasteiger partial charge in [-0.25, -0.2) is 0 Å². The van der Waals surface area contributed by atoms with Crippen molar-refractivity contribution in [3.63, 3.8) is 0 Å². The molecule has 0 aliphatic heterocycles. The van der Waals surface area contributed by atoms with Crippen LogP contribution in [0.5, 0.6) is 0 Å². The Morgan fingerprint density at radius 1 is 1.10 bits per heavy atom.